The molecule has 4 atom stereocenters. The average Bonchev–Trinajstić information content (AvgIpc) is 2.38. The number of hydrogen-bond acceptors (Lipinski definition) is 8. The van der Waals surface area contributed by atoms with Gasteiger partial charge in [-0.3, -0.25) is 9.59 Å². The zero-order valence-electron chi connectivity index (χ0n) is 11.8. The second-order valence-electron chi connectivity index (χ2n) is 4.20. The minimum Gasteiger partial charge on any atom is -0.467 e. The van der Waals surface area contributed by atoms with Crippen molar-refractivity contribution in [3.05, 3.63) is 0 Å². The van der Waals surface area contributed by atoms with Crippen LogP contribution in [0.5, 0.6) is 0 Å². The van der Waals surface area contributed by atoms with Gasteiger partial charge in [0.05, 0.1) is 7.11 Å². The molecule has 1 fully saturated rings. The van der Waals surface area contributed by atoms with E-state index in [2.05, 4.69) is 4.74 Å². The molecule has 0 bridgehead atoms. The summed E-state index contributed by atoms with van der Waals surface area (Å²) >= 11 is 0. The van der Waals surface area contributed by atoms with Crippen molar-refractivity contribution in [3.63, 3.8) is 0 Å². The van der Waals surface area contributed by atoms with Crippen LogP contribution in [0.4, 0.5) is 0 Å². The zero-order chi connectivity index (χ0) is 15.3. The van der Waals surface area contributed by atoms with Crippen LogP contribution >= 0.6 is 0 Å². The van der Waals surface area contributed by atoms with Gasteiger partial charge >= 0.3 is 17.9 Å². The highest BCUT2D eigenvalue weighted by atomic mass is 16.7. The van der Waals surface area contributed by atoms with E-state index in [1.165, 1.54) is 28.1 Å². The Hall–Kier alpha value is -1.67. The summed E-state index contributed by atoms with van der Waals surface area (Å²) in [5.74, 6) is -1.93. The number of esters is 3. The molecule has 0 spiro atoms. The summed E-state index contributed by atoms with van der Waals surface area (Å²) in [6.45, 7) is 2.40. The summed E-state index contributed by atoms with van der Waals surface area (Å²) in [5, 5.41) is 0. The molecule has 1 heterocycles. The molecule has 0 unspecified atom stereocenters. The number of rotatable bonds is 4. The van der Waals surface area contributed by atoms with Crippen LogP contribution in [-0.4, -0.2) is 56.7 Å². The Kier molecular flexibility index (Phi) is 5.90. The average molecular weight is 290 g/mol. The molecule has 114 valence electrons. The van der Waals surface area contributed by atoms with Crippen molar-refractivity contribution in [2.24, 2.45) is 0 Å². The molecule has 8 heteroatoms. The molecule has 0 aromatic heterocycles. The van der Waals surface area contributed by atoms with Gasteiger partial charge in [0.1, 0.15) is 6.10 Å². The third kappa shape index (κ3) is 4.17. The topological polar surface area (TPSA) is 97.4 Å². The summed E-state index contributed by atoms with van der Waals surface area (Å²) in [6, 6.07) is 0. The lowest BCUT2D eigenvalue weighted by Gasteiger charge is -2.38. The minimum atomic E-state index is -1.22. The smallest absolute Gasteiger partial charge is 0.339 e. The van der Waals surface area contributed by atoms with E-state index in [1.807, 2.05) is 0 Å². The maximum Gasteiger partial charge on any atom is 0.339 e. The van der Waals surface area contributed by atoms with Gasteiger partial charge in [-0.1, -0.05) is 0 Å². The fraction of sp³-hybridized carbons (Fsp3) is 0.750. The molecule has 1 aliphatic heterocycles. The van der Waals surface area contributed by atoms with Crippen LogP contribution in [0.1, 0.15) is 20.3 Å². The summed E-state index contributed by atoms with van der Waals surface area (Å²) in [4.78, 5) is 34.0. The summed E-state index contributed by atoms with van der Waals surface area (Å²) in [5.41, 5.74) is 0. The van der Waals surface area contributed by atoms with Crippen LogP contribution in [0.15, 0.2) is 0 Å². The van der Waals surface area contributed by atoms with Crippen molar-refractivity contribution in [1.82, 2.24) is 0 Å². The molecule has 20 heavy (non-hydrogen) atoms. The van der Waals surface area contributed by atoms with Crippen molar-refractivity contribution in [1.29, 1.82) is 0 Å². The van der Waals surface area contributed by atoms with Gasteiger partial charge in [-0.25, -0.2) is 4.79 Å². The molecular formula is C12H18O8. The molecule has 0 N–H and O–H groups in total. The normalized spacial score (nSPS) is 29.4. The van der Waals surface area contributed by atoms with Gasteiger partial charge in [-0.05, 0) is 0 Å². The van der Waals surface area contributed by atoms with Gasteiger partial charge in [-0.2, -0.15) is 0 Å². The molecule has 0 radical (unpaired) electrons. The zero-order valence-corrected chi connectivity index (χ0v) is 11.8. The van der Waals surface area contributed by atoms with Crippen LogP contribution in [0, 0.1) is 0 Å². The van der Waals surface area contributed by atoms with E-state index in [0.717, 1.165) is 0 Å². The molecule has 0 aliphatic carbocycles. The largest absolute Gasteiger partial charge is 0.467 e. The van der Waals surface area contributed by atoms with E-state index in [9.17, 15) is 14.4 Å². The van der Waals surface area contributed by atoms with Gasteiger partial charge in [0.25, 0.3) is 0 Å². The fourth-order valence-electron chi connectivity index (χ4n) is 1.93. The maximum atomic E-state index is 11.7. The summed E-state index contributed by atoms with van der Waals surface area (Å²) < 4.78 is 25.1. The number of methoxy groups -OCH3 is 2. The third-order valence-electron chi connectivity index (χ3n) is 2.70. The quantitative estimate of drug-likeness (QED) is 0.518. The molecule has 0 aromatic rings. The van der Waals surface area contributed by atoms with Crippen molar-refractivity contribution in [2.45, 2.75) is 44.9 Å². The number of hydrogen-bond donors (Lipinski definition) is 0. The van der Waals surface area contributed by atoms with Crippen molar-refractivity contribution in [2.75, 3.05) is 14.2 Å². The highest BCUT2D eigenvalue weighted by Crippen LogP contribution is 2.26. The molecule has 1 aliphatic rings. The van der Waals surface area contributed by atoms with Crippen LogP contribution in [0.3, 0.4) is 0 Å². The molecule has 0 saturated carbocycles. The number of carbonyl (C=O) groups is 3. The second-order valence-corrected chi connectivity index (χ2v) is 4.20. The number of ether oxygens (including phenoxy) is 5. The standard InChI is InChI=1S/C12H18O8/c1-6(13)18-8-5-9(16-3)20-11(12(15)17-4)10(8)19-7(2)14/h8-11H,5H2,1-4H3/t8-,9-,10+,11+/m1/s1. The van der Waals surface area contributed by atoms with Crippen molar-refractivity contribution < 1.29 is 38.1 Å². The molecule has 1 rings (SSSR count). The van der Waals surface area contributed by atoms with Gasteiger partial charge in [0.15, 0.2) is 18.5 Å². The number of carbonyl (C=O) groups excluding carboxylic acids is 3. The first-order chi connectivity index (χ1) is 9.38. The van der Waals surface area contributed by atoms with Gasteiger partial charge in [-0.15, -0.1) is 0 Å². The lowest BCUT2D eigenvalue weighted by atomic mass is 10.0. The lowest BCUT2D eigenvalue weighted by molar-refractivity contribution is -0.254. The second kappa shape index (κ2) is 7.20. The Balaban J connectivity index is 2.98. The Bertz CT molecular complexity index is 380. The van der Waals surface area contributed by atoms with Gasteiger partial charge < -0.3 is 23.7 Å². The van der Waals surface area contributed by atoms with Crippen LogP contribution < -0.4 is 0 Å². The predicted molar refractivity (Wildman–Crippen MR) is 63.4 cm³/mol. The van der Waals surface area contributed by atoms with Crippen LogP contribution in [0.2, 0.25) is 0 Å². The summed E-state index contributed by atoms with van der Waals surface area (Å²) in [7, 11) is 2.56. The Morgan fingerprint density at radius 2 is 1.65 bits per heavy atom. The molecule has 8 nitrogen and oxygen atoms in total. The highest BCUT2D eigenvalue weighted by molar-refractivity contribution is 5.77. The molecule has 1 saturated heterocycles. The monoisotopic (exact) mass is 290 g/mol. The molecule has 0 aromatic carbocycles. The van der Waals surface area contributed by atoms with E-state index in [1.54, 1.807) is 0 Å². The first kappa shape index (κ1) is 16.4. The maximum absolute atomic E-state index is 11.7. The Morgan fingerprint density at radius 1 is 1.05 bits per heavy atom. The van der Waals surface area contributed by atoms with Gasteiger partial charge in [0, 0.05) is 27.4 Å². The Labute approximate surface area is 116 Å². The first-order valence-electron chi connectivity index (χ1n) is 5.99. The van der Waals surface area contributed by atoms with Crippen LogP contribution in [0.25, 0.3) is 0 Å². The molecule has 0 amide bonds. The summed E-state index contributed by atoms with van der Waals surface area (Å²) in [6.07, 6.45) is -3.77. The lowest BCUT2D eigenvalue weighted by Crippen LogP contribution is -2.55. The van der Waals surface area contributed by atoms with Crippen LogP contribution in [-0.2, 0) is 38.1 Å². The highest BCUT2D eigenvalue weighted by Gasteiger charge is 2.47. The van der Waals surface area contributed by atoms with E-state index in [0.29, 0.717) is 0 Å². The first-order valence-corrected chi connectivity index (χ1v) is 5.99. The van der Waals surface area contributed by atoms with E-state index in [-0.39, 0.29) is 6.42 Å². The fourth-order valence-corrected chi connectivity index (χ4v) is 1.93. The van der Waals surface area contributed by atoms with E-state index < -0.39 is 42.5 Å². The SMILES string of the molecule is COC(=O)[C@H]1O[C@@H](OC)C[C@@H](OC(C)=O)[C@@H]1OC(C)=O. The third-order valence-corrected chi connectivity index (χ3v) is 2.70. The van der Waals surface area contributed by atoms with Crippen molar-refractivity contribution >= 4 is 17.9 Å². The Morgan fingerprint density at radius 3 is 2.10 bits per heavy atom. The minimum absolute atomic E-state index is 0.140. The van der Waals surface area contributed by atoms with E-state index >= 15 is 0 Å². The molecular weight excluding hydrogens is 272 g/mol. The predicted octanol–water partition coefficient (Wildman–Crippen LogP) is -0.216. The van der Waals surface area contributed by atoms with E-state index in [4.69, 9.17) is 18.9 Å². The van der Waals surface area contributed by atoms with Gasteiger partial charge in [0.2, 0.25) is 0 Å². The van der Waals surface area contributed by atoms with Crippen molar-refractivity contribution in [3.8, 4) is 0 Å².